The number of nitrogens with one attached hydrogen (secondary N) is 1. The maximum absolute atomic E-state index is 4.48. The second kappa shape index (κ2) is 5.93. The zero-order chi connectivity index (χ0) is 12.1. The van der Waals surface area contributed by atoms with Crippen molar-refractivity contribution in [2.75, 3.05) is 6.54 Å². The standard InChI is InChI=1S/C12H18N4S/c1-10(12-8-17-11(2)15-12)14-4-3-6-16-7-5-13-9-16/h5,7-10,14H,3-4,6H2,1-2H3. The van der Waals surface area contributed by atoms with Crippen molar-refractivity contribution in [1.82, 2.24) is 19.9 Å². The van der Waals surface area contributed by atoms with Crippen LogP contribution in [0.3, 0.4) is 0 Å². The van der Waals surface area contributed by atoms with E-state index in [1.54, 1.807) is 11.3 Å². The number of aromatic nitrogens is 3. The molecule has 2 heterocycles. The Balaban J connectivity index is 1.68. The minimum Gasteiger partial charge on any atom is -0.337 e. The van der Waals surface area contributed by atoms with E-state index in [4.69, 9.17) is 0 Å². The Morgan fingerprint density at radius 1 is 1.53 bits per heavy atom. The Morgan fingerprint density at radius 2 is 2.41 bits per heavy atom. The Labute approximate surface area is 106 Å². The van der Waals surface area contributed by atoms with Gasteiger partial charge < -0.3 is 9.88 Å². The fourth-order valence-electron chi connectivity index (χ4n) is 1.68. The van der Waals surface area contributed by atoms with Gasteiger partial charge in [0, 0.05) is 30.4 Å². The molecule has 0 radical (unpaired) electrons. The number of thiazole rings is 1. The number of imidazole rings is 1. The molecular weight excluding hydrogens is 232 g/mol. The van der Waals surface area contributed by atoms with Crippen LogP contribution in [-0.2, 0) is 6.54 Å². The molecule has 0 saturated carbocycles. The van der Waals surface area contributed by atoms with Crippen LogP contribution in [0, 0.1) is 6.92 Å². The lowest BCUT2D eigenvalue weighted by molar-refractivity contribution is 0.520. The fourth-order valence-corrected chi connectivity index (χ4v) is 2.39. The average molecular weight is 250 g/mol. The highest BCUT2D eigenvalue weighted by Gasteiger charge is 2.07. The van der Waals surface area contributed by atoms with Gasteiger partial charge in [0.05, 0.1) is 17.0 Å². The first-order valence-electron chi connectivity index (χ1n) is 5.87. The zero-order valence-electron chi connectivity index (χ0n) is 10.3. The van der Waals surface area contributed by atoms with Crippen molar-refractivity contribution in [3.05, 3.63) is 34.8 Å². The second-order valence-electron chi connectivity index (χ2n) is 4.12. The molecule has 92 valence electrons. The summed E-state index contributed by atoms with van der Waals surface area (Å²) in [7, 11) is 0. The molecule has 4 nitrogen and oxygen atoms in total. The fraction of sp³-hybridized carbons (Fsp3) is 0.500. The first kappa shape index (κ1) is 12.3. The molecule has 0 bridgehead atoms. The monoisotopic (exact) mass is 250 g/mol. The second-order valence-corrected chi connectivity index (χ2v) is 5.18. The summed E-state index contributed by atoms with van der Waals surface area (Å²) in [6, 6.07) is 0.336. The van der Waals surface area contributed by atoms with Gasteiger partial charge in [-0.15, -0.1) is 11.3 Å². The van der Waals surface area contributed by atoms with Gasteiger partial charge in [-0.1, -0.05) is 0 Å². The van der Waals surface area contributed by atoms with Crippen LogP contribution in [0.5, 0.6) is 0 Å². The van der Waals surface area contributed by atoms with Crippen LogP contribution in [0.25, 0.3) is 0 Å². The molecule has 0 saturated heterocycles. The predicted octanol–water partition coefficient (Wildman–Crippen LogP) is 2.39. The van der Waals surface area contributed by atoms with E-state index in [2.05, 4.69) is 32.2 Å². The van der Waals surface area contributed by atoms with Gasteiger partial charge in [-0.3, -0.25) is 0 Å². The number of aryl methyl sites for hydroxylation is 2. The summed E-state index contributed by atoms with van der Waals surface area (Å²) in [5.41, 5.74) is 1.15. The van der Waals surface area contributed by atoms with E-state index < -0.39 is 0 Å². The summed E-state index contributed by atoms with van der Waals surface area (Å²) in [4.78, 5) is 8.50. The molecular formula is C12H18N4S. The predicted molar refractivity (Wildman–Crippen MR) is 70.1 cm³/mol. The van der Waals surface area contributed by atoms with E-state index in [0.29, 0.717) is 6.04 Å². The van der Waals surface area contributed by atoms with Crippen molar-refractivity contribution in [2.24, 2.45) is 0 Å². The summed E-state index contributed by atoms with van der Waals surface area (Å²) in [5, 5.41) is 6.74. The van der Waals surface area contributed by atoms with E-state index >= 15 is 0 Å². The number of rotatable bonds is 6. The van der Waals surface area contributed by atoms with Crippen LogP contribution in [0.4, 0.5) is 0 Å². The first-order chi connectivity index (χ1) is 8.25. The van der Waals surface area contributed by atoms with Crippen LogP contribution in [0.2, 0.25) is 0 Å². The minimum atomic E-state index is 0.336. The average Bonchev–Trinajstić information content (AvgIpc) is 2.95. The Kier molecular flexibility index (Phi) is 4.28. The van der Waals surface area contributed by atoms with E-state index in [1.165, 1.54) is 0 Å². The Morgan fingerprint density at radius 3 is 3.06 bits per heavy atom. The van der Waals surface area contributed by atoms with Crippen molar-refractivity contribution in [1.29, 1.82) is 0 Å². The van der Waals surface area contributed by atoms with Crippen molar-refractivity contribution in [3.63, 3.8) is 0 Å². The van der Waals surface area contributed by atoms with Gasteiger partial charge >= 0.3 is 0 Å². The molecule has 1 atom stereocenters. The minimum absolute atomic E-state index is 0.336. The van der Waals surface area contributed by atoms with Crippen LogP contribution in [0.1, 0.15) is 30.1 Å². The lowest BCUT2D eigenvalue weighted by Crippen LogP contribution is -2.21. The molecule has 2 aromatic heterocycles. The van der Waals surface area contributed by atoms with Gasteiger partial charge in [0.1, 0.15) is 0 Å². The summed E-state index contributed by atoms with van der Waals surface area (Å²) in [5.74, 6) is 0. The van der Waals surface area contributed by atoms with Gasteiger partial charge in [0.2, 0.25) is 0 Å². The molecule has 5 heteroatoms. The van der Waals surface area contributed by atoms with E-state index in [0.717, 1.165) is 30.2 Å². The number of nitrogens with zero attached hydrogens (tertiary/aromatic N) is 3. The quantitative estimate of drug-likeness (QED) is 0.800. The van der Waals surface area contributed by atoms with Crippen molar-refractivity contribution < 1.29 is 0 Å². The zero-order valence-corrected chi connectivity index (χ0v) is 11.1. The van der Waals surface area contributed by atoms with E-state index in [9.17, 15) is 0 Å². The molecule has 0 amide bonds. The SMILES string of the molecule is Cc1nc(C(C)NCCCn2ccnc2)cs1. The molecule has 2 rings (SSSR count). The van der Waals surface area contributed by atoms with Crippen molar-refractivity contribution in [2.45, 2.75) is 32.9 Å². The molecule has 0 aromatic carbocycles. The summed E-state index contributed by atoms with van der Waals surface area (Å²) in [6.45, 7) is 6.21. The third kappa shape index (κ3) is 3.64. The maximum atomic E-state index is 4.48. The van der Waals surface area contributed by atoms with Crippen LogP contribution < -0.4 is 5.32 Å². The van der Waals surface area contributed by atoms with Gasteiger partial charge in [-0.25, -0.2) is 9.97 Å². The van der Waals surface area contributed by atoms with Gasteiger partial charge in [0.15, 0.2) is 0 Å². The molecule has 0 spiro atoms. The number of hydrogen-bond donors (Lipinski definition) is 1. The third-order valence-corrected chi connectivity index (χ3v) is 3.47. The maximum Gasteiger partial charge on any atom is 0.0945 e. The molecule has 2 aromatic rings. The summed E-state index contributed by atoms with van der Waals surface area (Å²) in [6.07, 6.45) is 6.76. The Hall–Kier alpha value is -1.20. The molecule has 1 N–H and O–H groups in total. The Bertz CT molecular complexity index is 435. The normalized spacial score (nSPS) is 12.8. The summed E-state index contributed by atoms with van der Waals surface area (Å²) < 4.78 is 2.10. The molecule has 0 aliphatic heterocycles. The van der Waals surface area contributed by atoms with Crippen LogP contribution in [0.15, 0.2) is 24.1 Å². The number of hydrogen-bond acceptors (Lipinski definition) is 4. The van der Waals surface area contributed by atoms with Crippen LogP contribution in [-0.4, -0.2) is 21.1 Å². The highest BCUT2D eigenvalue weighted by molar-refractivity contribution is 7.09. The highest BCUT2D eigenvalue weighted by atomic mass is 32.1. The lowest BCUT2D eigenvalue weighted by atomic mass is 10.2. The first-order valence-corrected chi connectivity index (χ1v) is 6.75. The van der Waals surface area contributed by atoms with Crippen molar-refractivity contribution in [3.8, 4) is 0 Å². The van der Waals surface area contributed by atoms with Gasteiger partial charge in [0.25, 0.3) is 0 Å². The molecule has 1 unspecified atom stereocenters. The molecule has 17 heavy (non-hydrogen) atoms. The molecule has 0 fully saturated rings. The van der Waals surface area contributed by atoms with E-state index in [-0.39, 0.29) is 0 Å². The van der Waals surface area contributed by atoms with Crippen molar-refractivity contribution >= 4 is 11.3 Å². The van der Waals surface area contributed by atoms with E-state index in [1.807, 2.05) is 25.6 Å². The van der Waals surface area contributed by atoms with Gasteiger partial charge in [-0.05, 0) is 26.8 Å². The van der Waals surface area contributed by atoms with Crippen LogP contribution >= 0.6 is 11.3 Å². The van der Waals surface area contributed by atoms with Gasteiger partial charge in [-0.2, -0.15) is 0 Å². The largest absolute Gasteiger partial charge is 0.337 e. The molecule has 0 aliphatic rings. The third-order valence-electron chi connectivity index (χ3n) is 2.68. The molecule has 0 aliphatic carbocycles. The highest BCUT2D eigenvalue weighted by Crippen LogP contribution is 2.15. The smallest absolute Gasteiger partial charge is 0.0945 e. The topological polar surface area (TPSA) is 42.7 Å². The lowest BCUT2D eigenvalue weighted by Gasteiger charge is -2.11. The summed E-state index contributed by atoms with van der Waals surface area (Å²) >= 11 is 1.71.